The molecule has 1 aliphatic rings. The van der Waals surface area contributed by atoms with Crippen molar-refractivity contribution in [2.24, 2.45) is 7.05 Å². The van der Waals surface area contributed by atoms with Gasteiger partial charge >= 0.3 is 11.9 Å². The Morgan fingerprint density at radius 3 is 1.84 bits per heavy atom. The van der Waals surface area contributed by atoms with E-state index >= 15 is 0 Å². The molecule has 31 heavy (non-hydrogen) atoms. The number of nitrogens with zero attached hydrogens (tertiary/aromatic N) is 2. The average Bonchev–Trinajstić information content (AvgIpc) is 3.10. The maximum atomic E-state index is 13.6. The van der Waals surface area contributed by atoms with E-state index in [1.54, 1.807) is 60.3 Å². The fourth-order valence-corrected chi connectivity index (χ4v) is 4.36. The molecular weight excluding hydrogens is 396 g/mol. The summed E-state index contributed by atoms with van der Waals surface area (Å²) >= 11 is 0. The van der Waals surface area contributed by atoms with Gasteiger partial charge in [-0.15, -0.1) is 0 Å². The van der Waals surface area contributed by atoms with Gasteiger partial charge in [0.2, 0.25) is 10.9 Å². The molecule has 5 aromatic rings. The van der Waals surface area contributed by atoms with E-state index < -0.39 is 5.92 Å². The highest BCUT2D eigenvalue weighted by molar-refractivity contribution is 5.81. The van der Waals surface area contributed by atoms with Crippen molar-refractivity contribution in [2.45, 2.75) is 12.8 Å². The maximum absolute atomic E-state index is 13.6. The van der Waals surface area contributed by atoms with Gasteiger partial charge in [0.15, 0.2) is 0 Å². The zero-order chi connectivity index (χ0) is 21.3. The van der Waals surface area contributed by atoms with Crippen LogP contribution in [0.15, 0.2) is 73.2 Å². The van der Waals surface area contributed by atoms with Crippen LogP contribution in [-0.2, 0) is 7.05 Å². The topological polar surface area (TPSA) is 87.5 Å². The van der Waals surface area contributed by atoms with E-state index in [0.29, 0.717) is 27.6 Å². The van der Waals surface area contributed by atoms with Gasteiger partial charge in [-0.25, -0.2) is 0 Å². The van der Waals surface area contributed by atoms with E-state index in [-0.39, 0.29) is 33.9 Å². The third kappa shape index (κ3) is 2.43. The second kappa shape index (κ2) is 6.18. The van der Waals surface area contributed by atoms with E-state index in [1.807, 2.05) is 13.1 Å². The van der Waals surface area contributed by atoms with Crippen LogP contribution in [-0.4, -0.2) is 9.78 Å². The molecule has 0 radical (unpaired) electrons. The summed E-state index contributed by atoms with van der Waals surface area (Å²) in [5.74, 6) is -0.667. The summed E-state index contributed by atoms with van der Waals surface area (Å²) in [7, 11) is 1.80. The number of benzene rings is 2. The predicted octanol–water partition coefficient (Wildman–Crippen LogP) is 4.23. The summed E-state index contributed by atoms with van der Waals surface area (Å²) in [5.41, 5.74) is 2.27. The number of fused-ring (bicyclic) bond motifs is 4. The van der Waals surface area contributed by atoms with Crippen LogP contribution >= 0.6 is 0 Å². The molecule has 0 unspecified atom stereocenters. The molecule has 7 heteroatoms. The number of aromatic nitrogens is 2. The van der Waals surface area contributed by atoms with Crippen molar-refractivity contribution in [1.82, 2.24) is 9.78 Å². The number of aryl methyl sites for hydroxylation is 2. The molecular formula is C24H16N2O5. The molecule has 0 fully saturated rings. The molecule has 3 aromatic heterocycles. The largest absolute Gasteiger partial charge is 0.425 e. The lowest BCUT2D eigenvalue weighted by Crippen LogP contribution is -2.26. The predicted molar refractivity (Wildman–Crippen MR) is 114 cm³/mol. The molecule has 0 saturated heterocycles. The van der Waals surface area contributed by atoms with Gasteiger partial charge in [0, 0.05) is 18.8 Å². The highest BCUT2D eigenvalue weighted by atomic mass is 16.6. The molecule has 0 saturated carbocycles. The van der Waals surface area contributed by atoms with Crippen LogP contribution in [0.3, 0.4) is 0 Å². The highest BCUT2D eigenvalue weighted by Gasteiger charge is 2.39. The first-order chi connectivity index (χ1) is 15.0. The van der Waals surface area contributed by atoms with Crippen molar-refractivity contribution in [3.05, 3.63) is 97.6 Å². The number of hydrogen-bond donors (Lipinski definition) is 0. The highest BCUT2D eigenvalue weighted by Crippen LogP contribution is 2.46. The summed E-state index contributed by atoms with van der Waals surface area (Å²) in [6.45, 7) is 1.84. The second-order valence-electron chi connectivity index (χ2n) is 7.64. The smallest absolute Gasteiger partial charge is 0.301 e. The molecule has 0 bridgehead atoms. The molecule has 6 rings (SSSR count). The average molecular weight is 412 g/mol. The Morgan fingerprint density at radius 2 is 1.35 bits per heavy atom. The number of rotatable bonds is 1. The first kappa shape index (κ1) is 17.7. The van der Waals surface area contributed by atoms with E-state index in [1.165, 1.54) is 0 Å². The van der Waals surface area contributed by atoms with E-state index in [9.17, 15) is 9.59 Å². The summed E-state index contributed by atoms with van der Waals surface area (Å²) in [6, 6.07) is 13.9. The third-order valence-corrected chi connectivity index (χ3v) is 5.72. The Balaban J connectivity index is 1.78. The maximum Gasteiger partial charge on any atom is 0.301 e. The third-order valence-electron chi connectivity index (χ3n) is 5.72. The monoisotopic (exact) mass is 412 g/mol. The summed E-state index contributed by atoms with van der Waals surface area (Å²) in [6.07, 6.45) is 1.81. The minimum absolute atomic E-state index is 0.0304. The standard InChI is InChI=1S/C24H16N2O5/c1-12-15(11-26(2)25-12)18-19-21(27)13-7-3-5-9-16(13)29-23(19)31-24-20(18)22(28)14-8-4-6-10-17(14)30-24/h3-11,18H,1-2H3. The summed E-state index contributed by atoms with van der Waals surface area (Å²) in [4.78, 5) is 27.1. The number of ether oxygens (including phenoxy) is 1. The van der Waals surface area contributed by atoms with Crippen molar-refractivity contribution in [3.63, 3.8) is 0 Å². The lowest BCUT2D eigenvalue weighted by Gasteiger charge is -2.25. The van der Waals surface area contributed by atoms with Gasteiger partial charge in [-0.3, -0.25) is 14.3 Å². The van der Waals surface area contributed by atoms with E-state index in [2.05, 4.69) is 5.10 Å². The van der Waals surface area contributed by atoms with Crippen LogP contribution in [0, 0.1) is 6.92 Å². The molecule has 4 heterocycles. The summed E-state index contributed by atoms with van der Waals surface area (Å²) < 4.78 is 19.5. The zero-order valence-corrected chi connectivity index (χ0v) is 16.7. The molecule has 0 atom stereocenters. The lowest BCUT2D eigenvalue weighted by atomic mass is 9.84. The van der Waals surface area contributed by atoms with Crippen LogP contribution in [0.4, 0.5) is 0 Å². The minimum atomic E-state index is -0.728. The molecule has 0 amide bonds. The fraction of sp³-hybridized carbons (Fsp3) is 0.125. The van der Waals surface area contributed by atoms with Gasteiger partial charge < -0.3 is 13.6 Å². The fourth-order valence-electron chi connectivity index (χ4n) is 4.36. The Labute approximate surface area is 175 Å². The van der Waals surface area contributed by atoms with Gasteiger partial charge in [0.1, 0.15) is 11.2 Å². The Hall–Kier alpha value is -4.13. The first-order valence-corrected chi connectivity index (χ1v) is 9.82. The van der Waals surface area contributed by atoms with Crippen molar-refractivity contribution < 1.29 is 13.6 Å². The van der Waals surface area contributed by atoms with Crippen LogP contribution in [0.1, 0.15) is 28.3 Å². The molecule has 0 spiro atoms. The summed E-state index contributed by atoms with van der Waals surface area (Å²) in [5, 5.41) is 5.27. The Morgan fingerprint density at radius 1 is 0.839 bits per heavy atom. The van der Waals surface area contributed by atoms with Crippen LogP contribution in [0.2, 0.25) is 0 Å². The van der Waals surface area contributed by atoms with Crippen LogP contribution in [0.5, 0.6) is 11.9 Å². The molecule has 1 aliphatic heterocycles. The molecule has 152 valence electrons. The lowest BCUT2D eigenvalue weighted by molar-refractivity contribution is 0.266. The minimum Gasteiger partial charge on any atom is -0.425 e. The first-order valence-electron chi connectivity index (χ1n) is 9.82. The molecule has 2 aromatic carbocycles. The van der Waals surface area contributed by atoms with Gasteiger partial charge in [-0.1, -0.05) is 24.3 Å². The van der Waals surface area contributed by atoms with Crippen LogP contribution in [0.25, 0.3) is 21.9 Å². The Kier molecular flexibility index (Phi) is 3.53. The zero-order valence-electron chi connectivity index (χ0n) is 16.7. The second-order valence-corrected chi connectivity index (χ2v) is 7.64. The normalized spacial score (nSPS) is 13.2. The van der Waals surface area contributed by atoms with Gasteiger partial charge in [0.05, 0.1) is 33.5 Å². The van der Waals surface area contributed by atoms with Crippen LogP contribution < -0.4 is 15.6 Å². The van der Waals surface area contributed by atoms with Crippen molar-refractivity contribution in [3.8, 4) is 11.9 Å². The van der Waals surface area contributed by atoms with Crippen molar-refractivity contribution in [2.75, 3.05) is 0 Å². The van der Waals surface area contributed by atoms with Gasteiger partial charge in [-0.05, 0) is 31.2 Å². The molecule has 0 aliphatic carbocycles. The van der Waals surface area contributed by atoms with E-state index in [4.69, 9.17) is 13.6 Å². The molecule has 7 nitrogen and oxygen atoms in total. The quantitative estimate of drug-likeness (QED) is 0.402. The number of hydrogen-bond acceptors (Lipinski definition) is 6. The van der Waals surface area contributed by atoms with Crippen molar-refractivity contribution in [1.29, 1.82) is 0 Å². The van der Waals surface area contributed by atoms with E-state index in [0.717, 1.165) is 5.56 Å². The van der Waals surface area contributed by atoms with Gasteiger partial charge in [-0.2, -0.15) is 5.10 Å². The SMILES string of the molecule is Cc1nn(C)cc1C1c2c(oc3ccccc3c2=O)Oc2oc3ccccc3c(=O)c21. The number of para-hydroxylation sites is 2. The Bertz CT molecular complexity index is 1540. The van der Waals surface area contributed by atoms with Crippen molar-refractivity contribution >= 4 is 21.9 Å². The molecule has 0 N–H and O–H groups in total. The van der Waals surface area contributed by atoms with Gasteiger partial charge in [0.25, 0.3) is 0 Å².